The van der Waals surface area contributed by atoms with Crippen LogP contribution in [0.15, 0.2) is 24.3 Å². The number of nitrogens with two attached hydrogens (primary N) is 1. The molecule has 1 aromatic carbocycles. The van der Waals surface area contributed by atoms with Crippen LogP contribution in [0.25, 0.3) is 0 Å². The van der Waals surface area contributed by atoms with Crippen LogP contribution in [-0.4, -0.2) is 38.1 Å². The Labute approximate surface area is 115 Å². The molecule has 0 spiro atoms. The number of benzene rings is 1. The molecule has 8 heteroatoms. The molecular formula is C12H16N4O4. The Balaban J connectivity index is 2.46. The summed E-state index contributed by atoms with van der Waals surface area (Å²) in [4.78, 5) is 33.3. The van der Waals surface area contributed by atoms with Gasteiger partial charge in [-0.3, -0.25) is 14.9 Å². The van der Waals surface area contributed by atoms with Crippen molar-refractivity contribution in [2.45, 2.75) is 0 Å². The van der Waals surface area contributed by atoms with Crippen LogP contribution in [0.1, 0.15) is 0 Å². The van der Waals surface area contributed by atoms with Crippen molar-refractivity contribution in [1.82, 2.24) is 5.32 Å². The van der Waals surface area contributed by atoms with E-state index < -0.39 is 12.0 Å². The molecule has 108 valence electrons. The largest absolute Gasteiger partial charge is 0.453 e. The second-order valence-electron chi connectivity index (χ2n) is 3.72. The minimum Gasteiger partial charge on any atom is -0.453 e. The van der Waals surface area contributed by atoms with E-state index in [0.29, 0.717) is 11.4 Å². The maximum atomic E-state index is 11.5. The minimum absolute atomic E-state index is 0.155. The van der Waals surface area contributed by atoms with E-state index in [0.717, 1.165) is 0 Å². The SMILES string of the molecule is COC(=O)Nc1ccc(NC(=O)CNC(=O)CN)cc1. The Morgan fingerprint density at radius 3 is 2.10 bits per heavy atom. The van der Waals surface area contributed by atoms with Crippen LogP contribution >= 0.6 is 0 Å². The number of amides is 3. The van der Waals surface area contributed by atoms with Crippen LogP contribution in [0.3, 0.4) is 0 Å². The van der Waals surface area contributed by atoms with E-state index in [1.165, 1.54) is 7.11 Å². The maximum absolute atomic E-state index is 11.5. The third-order valence-corrected chi connectivity index (χ3v) is 2.23. The van der Waals surface area contributed by atoms with Crippen molar-refractivity contribution >= 4 is 29.3 Å². The average molecular weight is 280 g/mol. The number of carbonyl (C=O) groups is 3. The molecule has 3 amide bonds. The molecule has 0 aliphatic heterocycles. The highest BCUT2D eigenvalue weighted by molar-refractivity contribution is 5.95. The van der Waals surface area contributed by atoms with Crippen LogP contribution in [0.5, 0.6) is 0 Å². The van der Waals surface area contributed by atoms with Gasteiger partial charge in [-0.05, 0) is 24.3 Å². The van der Waals surface area contributed by atoms with Gasteiger partial charge in [0, 0.05) is 11.4 Å². The van der Waals surface area contributed by atoms with Crippen molar-refractivity contribution in [3.8, 4) is 0 Å². The van der Waals surface area contributed by atoms with Crippen molar-refractivity contribution in [3.05, 3.63) is 24.3 Å². The first kappa shape index (κ1) is 15.4. The molecule has 0 radical (unpaired) electrons. The minimum atomic E-state index is -0.578. The molecule has 0 aliphatic carbocycles. The highest BCUT2D eigenvalue weighted by atomic mass is 16.5. The molecular weight excluding hydrogens is 264 g/mol. The Bertz CT molecular complexity index is 487. The molecule has 0 unspecified atom stereocenters. The lowest BCUT2D eigenvalue weighted by atomic mass is 10.3. The van der Waals surface area contributed by atoms with E-state index in [4.69, 9.17) is 5.73 Å². The van der Waals surface area contributed by atoms with Gasteiger partial charge >= 0.3 is 6.09 Å². The van der Waals surface area contributed by atoms with Crippen molar-refractivity contribution in [2.75, 3.05) is 30.8 Å². The number of anilines is 2. The highest BCUT2D eigenvalue weighted by Crippen LogP contribution is 2.13. The normalized spacial score (nSPS) is 9.50. The number of hydrogen-bond acceptors (Lipinski definition) is 5. The first-order chi connectivity index (χ1) is 9.55. The topological polar surface area (TPSA) is 123 Å². The van der Waals surface area contributed by atoms with E-state index in [1.807, 2.05) is 0 Å². The fourth-order valence-corrected chi connectivity index (χ4v) is 1.26. The molecule has 0 fully saturated rings. The molecule has 0 aliphatic rings. The second kappa shape index (κ2) is 7.74. The molecule has 0 saturated heterocycles. The number of methoxy groups -OCH3 is 1. The summed E-state index contributed by atoms with van der Waals surface area (Å²) in [5.41, 5.74) is 6.16. The summed E-state index contributed by atoms with van der Waals surface area (Å²) in [6, 6.07) is 6.41. The van der Waals surface area contributed by atoms with Crippen LogP contribution < -0.4 is 21.7 Å². The fraction of sp³-hybridized carbons (Fsp3) is 0.250. The Morgan fingerprint density at radius 2 is 1.60 bits per heavy atom. The van der Waals surface area contributed by atoms with E-state index >= 15 is 0 Å². The zero-order chi connectivity index (χ0) is 15.0. The van der Waals surface area contributed by atoms with Crippen LogP contribution in [-0.2, 0) is 14.3 Å². The predicted octanol–water partition coefficient (Wildman–Crippen LogP) is -0.122. The molecule has 5 N–H and O–H groups in total. The van der Waals surface area contributed by atoms with Gasteiger partial charge in [0.2, 0.25) is 11.8 Å². The Morgan fingerprint density at radius 1 is 1.05 bits per heavy atom. The summed E-state index contributed by atoms with van der Waals surface area (Å²) in [6.45, 7) is -0.320. The number of rotatable bonds is 5. The maximum Gasteiger partial charge on any atom is 0.411 e. The Hall–Kier alpha value is -2.61. The van der Waals surface area contributed by atoms with Gasteiger partial charge in [0.05, 0.1) is 20.2 Å². The third kappa shape index (κ3) is 5.36. The Kier molecular flexibility index (Phi) is 5.98. The lowest BCUT2D eigenvalue weighted by molar-refractivity contribution is -0.123. The van der Waals surface area contributed by atoms with Crippen molar-refractivity contribution in [2.24, 2.45) is 5.73 Å². The molecule has 1 rings (SSSR count). The van der Waals surface area contributed by atoms with Gasteiger partial charge in [0.25, 0.3) is 0 Å². The van der Waals surface area contributed by atoms with Crippen molar-refractivity contribution in [3.63, 3.8) is 0 Å². The number of nitrogens with one attached hydrogen (secondary N) is 3. The molecule has 0 aromatic heterocycles. The van der Waals surface area contributed by atoms with Gasteiger partial charge in [-0.25, -0.2) is 4.79 Å². The summed E-state index contributed by atoms with van der Waals surface area (Å²) in [5, 5.41) is 7.40. The monoisotopic (exact) mass is 280 g/mol. The molecule has 1 aromatic rings. The molecule has 0 bridgehead atoms. The zero-order valence-corrected chi connectivity index (χ0v) is 10.9. The molecule has 0 heterocycles. The highest BCUT2D eigenvalue weighted by Gasteiger charge is 2.05. The first-order valence-electron chi connectivity index (χ1n) is 5.77. The van der Waals surface area contributed by atoms with Crippen LogP contribution in [0, 0.1) is 0 Å². The van der Waals surface area contributed by atoms with E-state index in [9.17, 15) is 14.4 Å². The zero-order valence-electron chi connectivity index (χ0n) is 10.9. The molecule has 0 atom stereocenters. The summed E-state index contributed by atoms with van der Waals surface area (Å²) in [5.74, 6) is -0.779. The van der Waals surface area contributed by atoms with Gasteiger partial charge < -0.3 is 21.1 Å². The second-order valence-corrected chi connectivity index (χ2v) is 3.72. The summed E-state index contributed by atoms with van der Waals surface area (Å²) >= 11 is 0. The summed E-state index contributed by atoms with van der Waals surface area (Å²) in [7, 11) is 1.26. The third-order valence-electron chi connectivity index (χ3n) is 2.23. The van der Waals surface area contributed by atoms with E-state index in [1.54, 1.807) is 24.3 Å². The predicted molar refractivity (Wildman–Crippen MR) is 73.2 cm³/mol. The molecule has 20 heavy (non-hydrogen) atoms. The molecule has 8 nitrogen and oxygen atoms in total. The lowest BCUT2D eigenvalue weighted by Gasteiger charge is -2.08. The van der Waals surface area contributed by atoms with Gasteiger partial charge in [0.1, 0.15) is 0 Å². The van der Waals surface area contributed by atoms with Gasteiger partial charge in [-0.15, -0.1) is 0 Å². The lowest BCUT2D eigenvalue weighted by Crippen LogP contribution is -2.36. The van der Waals surface area contributed by atoms with Crippen LogP contribution in [0.4, 0.5) is 16.2 Å². The quantitative estimate of drug-likeness (QED) is 0.598. The number of ether oxygens (including phenoxy) is 1. The first-order valence-corrected chi connectivity index (χ1v) is 5.77. The summed E-state index contributed by atoms with van der Waals surface area (Å²) in [6.07, 6.45) is -0.578. The summed E-state index contributed by atoms with van der Waals surface area (Å²) < 4.78 is 4.44. The number of carbonyl (C=O) groups excluding carboxylic acids is 3. The van der Waals surface area contributed by atoms with Crippen LogP contribution in [0.2, 0.25) is 0 Å². The smallest absolute Gasteiger partial charge is 0.411 e. The van der Waals surface area contributed by atoms with Crippen molar-refractivity contribution in [1.29, 1.82) is 0 Å². The van der Waals surface area contributed by atoms with Gasteiger partial charge in [-0.2, -0.15) is 0 Å². The fourth-order valence-electron chi connectivity index (χ4n) is 1.26. The van der Waals surface area contributed by atoms with Crippen molar-refractivity contribution < 1.29 is 19.1 Å². The standard InChI is InChI=1S/C12H16N4O4/c1-20-12(19)16-9-4-2-8(3-5-9)15-11(18)7-14-10(17)6-13/h2-5H,6-7,13H2,1H3,(H,14,17)(H,15,18)(H,16,19). The molecule has 0 saturated carbocycles. The van der Waals surface area contributed by atoms with Gasteiger partial charge in [-0.1, -0.05) is 0 Å². The van der Waals surface area contributed by atoms with E-state index in [2.05, 4.69) is 20.7 Å². The number of hydrogen-bond donors (Lipinski definition) is 4. The van der Waals surface area contributed by atoms with E-state index in [-0.39, 0.29) is 19.0 Å². The van der Waals surface area contributed by atoms with Gasteiger partial charge in [0.15, 0.2) is 0 Å². The average Bonchev–Trinajstić information content (AvgIpc) is 2.46.